The van der Waals surface area contributed by atoms with Gasteiger partial charge in [0.2, 0.25) is 5.24 Å². The van der Waals surface area contributed by atoms with Crippen LogP contribution in [0.4, 0.5) is 0 Å². The third-order valence-corrected chi connectivity index (χ3v) is 2.76. The topological polar surface area (TPSA) is 69.7 Å². The molecule has 0 unspecified atom stereocenters. The molecular formula is C13H19ClO5. The van der Waals surface area contributed by atoms with Gasteiger partial charge in [-0.2, -0.15) is 0 Å². The molecule has 0 radical (unpaired) electrons. The average Bonchev–Trinajstić information content (AvgIpc) is 2.34. The molecule has 0 aromatic carbocycles. The number of halogens is 1. The molecule has 0 bridgehead atoms. The van der Waals surface area contributed by atoms with Crippen LogP contribution in [0.2, 0.25) is 0 Å². The molecule has 0 fully saturated rings. The Morgan fingerprint density at radius 2 is 1.63 bits per heavy atom. The fourth-order valence-corrected chi connectivity index (χ4v) is 1.75. The van der Waals surface area contributed by atoms with Gasteiger partial charge in [0.05, 0.1) is 13.2 Å². The van der Waals surface area contributed by atoms with Crippen LogP contribution < -0.4 is 0 Å². The first kappa shape index (κ1) is 17.6. The maximum Gasteiger partial charge on any atom is 0.323 e. The summed E-state index contributed by atoms with van der Waals surface area (Å²) in [5.41, 5.74) is -1.54. The highest BCUT2D eigenvalue weighted by Gasteiger charge is 2.47. The molecule has 0 aliphatic rings. The molecule has 19 heavy (non-hydrogen) atoms. The fourth-order valence-electron chi connectivity index (χ4n) is 1.65. The third kappa shape index (κ3) is 5.03. The Bertz CT molecular complexity index is 333. The predicted octanol–water partition coefficient (Wildman–Crippen LogP) is 2.22. The molecule has 0 saturated heterocycles. The molecule has 0 N–H and O–H groups in total. The summed E-state index contributed by atoms with van der Waals surface area (Å²) in [6, 6.07) is 0. The number of hydrogen-bond acceptors (Lipinski definition) is 5. The van der Waals surface area contributed by atoms with Gasteiger partial charge < -0.3 is 9.47 Å². The second kappa shape index (κ2) is 8.69. The second-order valence-corrected chi connectivity index (χ2v) is 4.29. The first-order valence-corrected chi connectivity index (χ1v) is 6.46. The van der Waals surface area contributed by atoms with Crippen molar-refractivity contribution in [1.29, 1.82) is 0 Å². The van der Waals surface area contributed by atoms with Gasteiger partial charge in [-0.3, -0.25) is 14.4 Å². The number of esters is 2. The van der Waals surface area contributed by atoms with Gasteiger partial charge in [-0.25, -0.2) is 0 Å². The van der Waals surface area contributed by atoms with Gasteiger partial charge in [0.15, 0.2) is 5.41 Å². The number of hydrogen-bond donors (Lipinski definition) is 0. The molecule has 5 nitrogen and oxygen atoms in total. The Labute approximate surface area is 117 Å². The van der Waals surface area contributed by atoms with Gasteiger partial charge in [-0.1, -0.05) is 6.08 Å². The van der Waals surface area contributed by atoms with E-state index in [2.05, 4.69) is 6.58 Å². The Morgan fingerprint density at radius 1 is 1.16 bits per heavy atom. The first-order valence-electron chi connectivity index (χ1n) is 6.08. The highest BCUT2D eigenvalue weighted by atomic mass is 35.5. The van der Waals surface area contributed by atoms with Crippen molar-refractivity contribution in [2.45, 2.75) is 33.1 Å². The standard InChI is InChI=1S/C13H19ClO5/c1-4-8-13(9-7-10(14)15,11(16)18-5-2)12(17)19-6-3/h4H,1,5-9H2,2-3H3. The average molecular weight is 291 g/mol. The lowest BCUT2D eigenvalue weighted by molar-refractivity contribution is -0.172. The number of ether oxygens (including phenoxy) is 2. The summed E-state index contributed by atoms with van der Waals surface area (Å²) in [6.45, 7) is 7.05. The van der Waals surface area contributed by atoms with E-state index in [-0.39, 0.29) is 32.5 Å². The van der Waals surface area contributed by atoms with Crippen molar-refractivity contribution in [3.63, 3.8) is 0 Å². The molecule has 6 heteroatoms. The van der Waals surface area contributed by atoms with Crippen LogP contribution in [0.5, 0.6) is 0 Å². The van der Waals surface area contributed by atoms with E-state index in [1.807, 2.05) is 0 Å². The number of carbonyl (C=O) groups is 3. The minimum Gasteiger partial charge on any atom is -0.465 e. The second-order valence-electron chi connectivity index (χ2n) is 3.87. The first-order chi connectivity index (χ1) is 8.94. The van der Waals surface area contributed by atoms with Gasteiger partial charge in [-0.05, 0) is 38.3 Å². The van der Waals surface area contributed by atoms with Gasteiger partial charge in [0.1, 0.15) is 0 Å². The summed E-state index contributed by atoms with van der Waals surface area (Å²) in [5, 5.41) is -0.623. The molecule has 0 aliphatic carbocycles. The van der Waals surface area contributed by atoms with E-state index in [4.69, 9.17) is 21.1 Å². The van der Waals surface area contributed by atoms with E-state index in [0.717, 1.165) is 0 Å². The van der Waals surface area contributed by atoms with Crippen molar-refractivity contribution >= 4 is 28.8 Å². The molecule has 0 aliphatic heterocycles. The highest BCUT2D eigenvalue weighted by Crippen LogP contribution is 2.33. The zero-order valence-corrected chi connectivity index (χ0v) is 12.0. The summed E-state index contributed by atoms with van der Waals surface area (Å²) in [7, 11) is 0. The van der Waals surface area contributed by atoms with E-state index >= 15 is 0 Å². The van der Waals surface area contributed by atoms with Crippen molar-refractivity contribution in [3.05, 3.63) is 12.7 Å². The van der Waals surface area contributed by atoms with Crippen LogP contribution >= 0.6 is 11.6 Å². The van der Waals surface area contributed by atoms with Gasteiger partial charge in [0.25, 0.3) is 0 Å². The van der Waals surface area contributed by atoms with Crippen LogP contribution in [0, 0.1) is 5.41 Å². The maximum absolute atomic E-state index is 12.1. The van der Waals surface area contributed by atoms with E-state index in [9.17, 15) is 14.4 Å². The third-order valence-electron chi connectivity index (χ3n) is 2.57. The van der Waals surface area contributed by atoms with Crippen LogP contribution in [0.25, 0.3) is 0 Å². The van der Waals surface area contributed by atoms with Crippen molar-refractivity contribution in [1.82, 2.24) is 0 Å². The van der Waals surface area contributed by atoms with Crippen molar-refractivity contribution in [2.24, 2.45) is 5.41 Å². The zero-order chi connectivity index (χ0) is 14.9. The van der Waals surface area contributed by atoms with Crippen LogP contribution in [0.3, 0.4) is 0 Å². The quantitative estimate of drug-likeness (QED) is 0.282. The van der Waals surface area contributed by atoms with Crippen LogP contribution in [-0.2, 0) is 23.9 Å². The summed E-state index contributed by atoms with van der Waals surface area (Å²) < 4.78 is 9.84. The number of allylic oxidation sites excluding steroid dienone is 1. The molecule has 0 aromatic heterocycles. The van der Waals surface area contributed by atoms with E-state index in [1.165, 1.54) is 6.08 Å². The van der Waals surface area contributed by atoms with Crippen molar-refractivity contribution in [2.75, 3.05) is 13.2 Å². The Hall–Kier alpha value is -1.36. The Morgan fingerprint density at radius 3 is 1.95 bits per heavy atom. The van der Waals surface area contributed by atoms with Gasteiger partial charge in [-0.15, -0.1) is 6.58 Å². The van der Waals surface area contributed by atoms with Gasteiger partial charge >= 0.3 is 11.9 Å². The van der Waals surface area contributed by atoms with Crippen LogP contribution in [-0.4, -0.2) is 30.4 Å². The highest BCUT2D eigenvalue weighted by molar-refractivity contribution is 6.63. The summed E-state index contributed by atoms with van der Waals surface area (Å²) >= 11 is 5.28. The van der Waals surface area contributed by atoms with Crippen molar-refractivity contribution in [3.8, 4) is 0 Å². The number of carbonyl (C=O) groups excluding carboxylic acids is 3. The summed E-state index contributed by atoms with van der Waals surface area (Å²) in [5.74, 6) is -1.43. The minimum absolute atomic E-state index is 0.0365. The smallest absolute Gasteiger partial charge is 0.323 e. The molecule has 0 atom stereocenters. The fraction of sp³-hybridized carbons (Fsp3) is 0.615. The molecule has 108 valence electrons. The SMILES string of the molecule is C=CCC(CCC(=O)Cl)(C(=O)OCC)C(=O)OCC. The molecular weight excluding hydrogens is 272 g/mol. The van der Waals surface area contributed by atoms with Crippen molar-refractivity contribution < 1.29 is 23.9 Å². The van der Waals surface area contributed by atoms with Crippen LogP contribution in [0.1, 0.15) is 33.1 Å². The summed E-state index contributed by atoms with van der Waals surface area (Å²) in [6.07, 6.45) is 1.29. The zero-order valence-electron chi connectivity index (χ0n) is 11.2. The van der Waals surface area contributed by atoms with Gasteiger partial charge in [0, 0.05) is 6.42 Å². The summed E-state index contributed by atoms with van der Waals surface area (Å²) in [4.78, 5) is 35.0. The normalized spacial score (nSPS) is 10.7. The minimum atomic E-state index is -1.54. The van der Waals surface area contributed by atoms with E-state index in [1.54, 1.807) is 13.8 Å². The molecule has 0 saturated carbocycles. The molecule has 0 rings (SSSR count). The molecule has 0 amide bonds. The molecule has 0 heterocycles. The lowest BCUT2D eigenvalue weighted by Crippen LogP contribution is -2.42. The number of rotatable bonds is 9. The molecule has 0 spiro atoms. The Kier molecular flexibility index (Phi) is 8.07. The Balaban J connectivity index is 5.31. The lowest BCUT2D eigenvalue weighted by Gasteiger charge is -2.27. The maximum atomic E-state index is 12.1. The van der Waals surface area contributed by atoms with E-state index in [0.29, 0.717) is 0 Å². The van der Waals surface area contributed by atoms with E-state index < -0.39 is 22.6 Å². The largest absolute Gasteiger partial charge is 0.465 e. The monoisotopic (exact) mass is 290 g/mol. The molecule has 0 aromatic rings. The predicted molar refractivity (Wildman–Crippen MR) is 70.6 cm³/mol. The van der Waals surface area contributed by atoms with Crippen LogP contribution in [0.15, 0.2) is 12.7 Å². The lowest BCUT2D eigenvalue weighted by atomic mass is 9.80.